The Morgan fingerprint density at radius 1 is 1.07 bits per heavy atom. The zero-order valence-electron chi connectivity index (χ0n) is 24.6. The Morgan fingerprint density at radius 2 is 1.79 bits per heavy atom. The molecule has 1 aromatic carbocycles. The van der Waals surface area contributed by atoms with E-state index >= 15 is 0 Å². The highest BCUT2D eigenvalue weighted by molar-refractivity contribution is 5.96. The molecule has 42 heavy (non-hydrogen) atoms. The molecule has 11 heteroatoms. The molecule has 0 aliphatic heterocycles. The highest BCUT2D eigenvalue weighted by Crippen LogP contribution is 2.37. The van der Waals surface area contributed by atoms with Crippen LogP contribution in [0.15, 0.2) is 53.5 Å². The van der Waals surface area contributed by atoms with Gasteiger partial charge in [-0.2, -0.15) is 5.10 Å². The summed E-state index contributed by atoms with van der Waals surface area (Å²) in [6, 6.07) is 12.4. The summed E-state index contributed by atoms with van der Waals surface area (Å²) in [6.07, 6.45) is 5.30. The molecular formula is C31H36N6O5. The average molecular weight is 573 g/mol. The zero-order valence-corrected chi connectivity index (χ0v) is 24.6. The Kier molecular flexibility index (Phi) is 8.11. The monoisotopic (exact) mass is 572 g/mol. The van der Waals surface area contributed by atoms with Gasteiger partial charge in [0.05, 0.1) is 11.6 Å². The third-order valence-electron chi connectivity index (χ3n) is 7.32. The van der Waals surface area contributed by atoms with Gasteiger partial charge >= 0.3 is 6.09 Å². The molecule has 1 saturated carbocycles. The first-order chi connectivity index (χ1) is 20.1. The van der Waals surface area contributed by atoms with E-state index < -0.39 is 11.7 Å². The fraction of sp³-hybridized carbons (Fsp3) is 0.419. The highest BCUT2D eigenvalue weighted by Gasteiger charge is 2.29. The third-order valence-corrected chi connectivity index (χ3v) is 7.32. The van der Waals surface area contributed by atoms with Crippen LogP contribution in [0.3, 0.4) is 0 Å². The van der Waals surface area contributed by atoms with E-state index in [0.29, 0.717) is 23.8 Å². The third kappa shape index (κ3) is 6.19. The first kappa shape index (κ1) is 29.0. The smallest absolute Gasteiger partial charge is 0.415 e. The van der Waals surface area contributed by atoms with Crippen LogP contribution in [0.4, 0.5) is 10.6 Å². The summed E-state index contributed by atoms with van der Waals surface area (Å²) in [5, 5.41) is 10.1. The largest absolute Gasteiger partial charge is 0.473 e. The summed E-state index contributed by atoms with van der Waals surface area (Å²) in [6.45, 7) is 7.78. The van der Waals surface area contributed by atoms with Crippen LogP contribution in [0, 0.1) is 0 Å². The van der Waals surface area contributed by atoms with Crippen LogP contribution in [0.2, 0.25) is 0 Å². The number of aromatic nitrogens is 5. The zero-order chi connectivity index (χ0) is 30.0. The topological polar surface area (TPSA) is 121 Å². The van der Waals surface area contributed by atoms with Crippen molar-refractivity contribution < 1.29 is 19.1 Å². The van der Waals surface area contributed by atoms with Crippen molar-refractivity contribution in [2.75, 3.05) is 11.4 Å². The molecule has 0 saturated heterocycles. The molecular weight excluding hydrogens is 536 g/mol. The molecule has 3 heterocycles. The van der Waals surface area contributed by atoms with Crippen LogP contribution in [0.25, 0.3) is 22.2 Å². The Balaban J connectivity index is 1.47. The van der Waals surface area contributed by atoms with Crippen molar-refractivity contribution in [1.29, 1.82) is 0 Å². The number of benzene rings is 1. The fourth-order valence-corrected chi connectivity index (χ4v) is 5.20. The van der Waals surface area contributed by atoms with Gasteiger partial charge in [-0.25, -0.2) is 14.5 Å². The second-order valence-corrected chi connectivity index (χ2v) is 11.5. The number of nitrogens with zero attached hydrogens (tertiary/aromatic N) is 6. The van der Waals surface area contributed by atoms with E-state index in [-0.39, 0.29) is 17.7 Å². The van der Waals surface area contributed by atoms with Gasteiger partial charge in [0, 0.05) is 54.5 Å². The number of hydrogen-bond donors (Lipinski definition) is 0. The molecule has 5 rings (SSSR count). The van der Waals surface area contributed by atoms with E-state index in [2.05, 4.69) is 10.1 Å². The van der Waals surface area contributed by atoms with E-state index in [0.717, 1.165) is 54.1 Å². The summed E-state index contributed by atoms with van der Waals surface area (Å²) < 4.78 is 15.0. The van der Waals surface area contributed by atoms with Gasteiger partial charge in [-0.15, -0.1) is 5.10 Å². The van der Waals surface area contributed by atoms with Crippen LogP contribution in [0.1, 0.15) is 69.8 Å². The Hall–Kier alpha value is -4.54. The van der Waals surface area contributed by atoms with E-state index in [1.807, 2.05) is 50.6 Å². The Labute approximate surface area is 244 Å². The van der Waals surface area contributed by atoms with Crippen molar-refractivity contribution in [1.82, 2.24) is 24.5 Å². The molecule has 0 N–H and O–H groups in total. The Morgan fingerprint density at radius 3 is 2.40 bits per heavy atom. The maximum Gasteiger partial charge on any atom is 0.415 e. The molecule has 220 valence electrons. The molecule has 1 fully saturated rings. The maximum atomic E-state index is 13.0. The minimum absolute atomic E-state index is 0.0246. The molecule has 0 spiro atoms. The molecule has 1 aliphatic carbocycles. The summed E-state index contributed by atoms with van der Waals surface area (Å²) >= 11 is 0. The number of pyridine rings is 1. The van der Waals surface area contributed by atoms with Crippen LogP contribution < -0.4 is 15.2 Å². The predicted octanol–water partition coefficient (Wildman–Crippen LogP) is 5.33. The van der Waals surface area contributed by atoms with Gasteiger partial charge in [0.1, 0.15) is 29.5 Å². The van der Waals surface area contributed by atoms with Crippen molar-refractivity contribution in [2.24, 2.45) is 7.05 Å². The predicted molar refractivity (Wildman–Crippen MR) is 159 cm³/mol. The van der Waals surface area contributed by atoms with E-state index in [9.17, 15) is 14.4 Å². The number of amides is 1. The average Bonchev–Trinajstić information content (AvgIpc) is 3.34. The van der Waals surface area contributed by atoms with Crippen molar-refractivity contribution in [3.8, 4) is 17.1 Å². The molecule has 0 radical (unpaired) electrons. The van der Waals surface area contributed by atoms with Gasteiger partial charge in [0.15, 0.2) is 0 Å². The number of carbonyl (C=O) groups excluding carboxylic acids is 2. The molecule has 11 nitrogen and oxygen atoms in total. The number of aryl methyl sites for hydroxylation is 1. The first-order valence-electron chi connectivity index (χ1n) is 14.2. The lowest BCUT2D eigenvalue weighted by Crippen LogP contribution is -2.37. The molecule has 3 aromatic heterocycles. The number of fused-ring (bicyclic) bond motifs is 1. The van der Waals surface area contributed by atoms with Gasteiger partial charge in [0.25, 0.3) is 5.56 Å². The SMILES string of the molecule is CCN(C(=O)OC(C)(C)C)c1cc2c(cn1)c(-c1ccc(C=O)cc1)nn2C1CCC(Oc2ccc(=O)n(C)n2)CC1. The second-order valence-electron chi connectivity index (χ2n) is 11.5. The maximum absolute atomic E-state index is 13.0. The quantitative estimate of drug-likeness (QED) is 0.273. The van der Waals surface area contributed by atoms with Gasteiger partial charge in [-0.1, -0.05) is 24.3 Å². The van der Waals surface area contributed by atoms with Crippen molar-refractivity contribution in [2.45, 2.75) is 71.1 Å². The Bertz CT molecular complexity index is 1650. The number of anilines is 1. The minimum Gasteiger partial charge on any atom is -0.473 e. The lowest BCUT2D eigenvalue weighted by molar-refractivity contribution is 0.0581. The summed E-state index contributed by atoms with van der Waals surface area (Å²) in [5.74, 6) is 0.921. The molecule has 0 bridgehead atoms. The summed E-state index contributed by atoms with van der Waals surface area (Å²) in [5.41, 5.74) is 2.26. The van der Waals surface area contributed by atoms with E-state index in [4.69, 9.17) is 14.6 Å². The first-order valence-corrected chi connectivity index (χ1v) is 14.2. The van der Waals surface area contributed by atoms with Crippen molar-refractivity contribution in [3.05, 3.63) is 64.6 Å². The number of aldehydes is 1. The highest BCUT2D eigenvalue weighted by atomic mass is 16.6. The van der Waals surface area contributed by atoms with Gasteiger partial charge in [-0.3, -0.25) is 19.2 Å². The molecule has 0 atom stereocenters. The van der Waals surface area contributed by atoms with Gasteiger partial charge in [-0.05, 0) is 53.4 Å². The number of hydrogen-bond acceptors (Lipinski definition) is 8. The van der Waals surface area contributed by atoms with Crippen molar-refractivity contribution >= 4 is 29.1 Å². The van der Waals surface area contributed by atoms with Crippen molar-refractivity contribution in [3.63, 3.8) is 0 Å². The second kappa shape index (κ2) is 11.8. The van der Waals surface area contributed by atoms with Gasteiger partial charge in [0.2, 0.25) is 5.88 Å². The number of rotatable bonds is 7. The molecule has 0 unspecified atom stereocenters. The number of ether oxygens (including phenoxy) is 2. The minimum atomic E-state index is -0.637. The summed E-state index contributed by atoms with van der Waals surface area (Å²) in [7, 11) is 1.60. The van der Waals surface area contributed by atoms with Crippen LogP contribution in [0.5, 0.6) is 5.88 Å². The summed E-state index contributed by atoms with van der Waals surface area (Å²) in [4.78, 5) is 42.1. The van der Waals surface area contributed by atoms with Gasteiger partial charge < -0.3 is 9.47 Å². The van der Waals surface area contributed by atoms with E-state index in [1.165, 1.54) is 15.6 Å². The molecule has 1 aliphatic rings. The van der Waals surface area contributed by atoms with E-state index in [1.54, 1.807) is 31.4 Å². The number of carbonyl (C=O) groups is 2. The van der Waals surface area contributed by atoms with Crippen LogP contribution in [-0.2, 0) is 11.8 Å². The standard InChI is InChI=1S/C31H36N6O5/c1-6-36(30(40)42-31(2,3)4)26-17-25-24(18-32-26)29(21-9-7-20(19-38)8-10-21)34-37(25)22-11-13-23(14-12-22)41-27-15-16-28(39)35(5)33-27/h7-10,15-19,22-23H,6,11-14H2,1-5H3. The normalized spacial score (nSPS) is 17.2. The fourth-order valence-electron chi connectivity index (χ4n) is 5.20. The molecule has 1 amide bonds. The lowest BCUT2D eigenvalue weighted by Gasteiger charge is -2.29. The van der Waals surface area contributed by atoms with Crippen LogP contribution in [-0.4, -0.2) is 55.2 Å². The lowest BCUT2D eigenvalue weighted by atomic mass is 9.93. The molecule has 4 aromatic rings. The van der Waals surface area contributed by atoms with Crippen LogP contribution >= 0.6 is 0 Å².